The number of methoxy groups -OCH3 is 2. The Bertz CT molecular complexity index is 4530. The summed E-state index contributed by atoms with van der Waals surface area (Å²) in [5.41, 5.74) is -7.96. The summed E-state index contributed by atoms with van der Waals surface area (Å²) in [5.74, 6) is -9.07. The average Bonchev–Trinajstić information content (AvgIpc) is 0.683. The summed E-state index contributed by atoms with van der Waals surface area (Å²) in [6.07, 6.45) is -20.6. The van der Waals surface area contributed by atoms with Crippen molar-refractivity contribution in [3.8, 4) is 5.75 Å². The number of rotatable bonds is 41. The van der Waals surface area contributed by atoms with Crippen LogP contribution in [-0.4, -0.2) is 297 Å². The summed E-state index contributed by atoms with van der Waals surface area (Å²) in [6.45, 7) is 12.7. The quantitative estimate of drug-likeness (QED) is 0.0131. The van der Waals surface area contributed by atoms with E-state index in [0.717, 1.165) is 6.92 Å². The molecule has 11 N–H and O–H groups in total. The molecule has 3 aromatic carbocycles. The molecule has 2 bridgehead atoms. The Morgan fingerprint density at radius 3 is 2.08 bits per heavy atom. The number of nitrogens with one attached hydrogen (secondary N) is 4. The highest BCUT2D eigenvalue weighted by Gasteiger charge is 2.78. The zero-order valence-electron chi connectivity index (χ0n) is 74.0. The number of nitrogens with zero attached hydrogens (tertiary/aromatic N) is 3. The third-order valence-electron chi connectivity index (χ3n) is 24.3. The summed E-state index contributed by atoms with van der Waals surface area (Å²) < 4.78 is 82.9. The van der Waals surface area contributed by atoms with Crippen molar-refractivity contribution in [2.75, 3.05) is 60.4 Å². The smallest absolute Gasteiger partial charge is 0.408 e. The maximum atomic E-state index is 15.4. The molecule has 128 heavy (non-hydrogen) atoms. The molecule has 4 unspecified atom stereocenters. The lowest BCUT2D eigenvalue weighted by molar-refractivity contribution is -0.346. The molecular formula is C89H121N7O32. The van der Waals surface area contributed by atoms with E-state index in [9.17, 15) is 78.9 Å². The molecule has 39 heteroatoms. The summed E-state index contributed by atoms with van der Waals surface area (Å²) in [7, 11) is 2.50. The van der Waals surface area contributed by atoms with Gasteiger partial charge in [-0.2, -0.15) is 0 Å². The minimum absolute atomic E-state index is 0.00365. The number of esters is 5. The second-order valence-corrected chi connectivity index (χ2v) is 34.7. The average molecular weight is 1800 g/mol. The number of ether oxygens (including phenoxy) is 14. The molecule has 4 amide bonds. The fourth-order valence-corrected chi connectivity index (χ4v) is 17.8. The van der Waals surface area contributed by atoms with Gasteiger partial charge in [-0.15, -0.1) is 5.10 Å². The van der Waals surface area contributed by atoms with Gasteiger partial charge in [-0.25, -0.2) is 24.0 Å². The van der Waals surface area contributed by atoms with Crippen molar-refractivity contribution in [1.82, 2.24) is 36.3 Å². The SMILES string of the molecule is CCOC(=O)[C@H](Cc1ccc(OCCNC(=O)CC2O[C@@H](O[C@@H]3C(NC(C)=O)[C@H](OC)OC(CO)[C@H]3O)C(O)[C@@H](OC)[C@@H]2O)cc1)NC(=O)CCCCCn1cc(CCCCC(=O)COCC(=O)O[C@@H](C(=O)O[C@H]2C[C@@]3(O)[C@@H](OC(=O)c4ccccc4)[C@@H]4[C@]5(OC(C)=O)CO[C@@H]5C[C@H](O)[C@@]4(C)C(=O)[C@H](O)C(=C2C)C3(C)C)[C@@H](NC(=O)OC(C)(C)C)c2ccccc2)nn1. The molecule has 3 aliphatic carbocycles. The molecule has 4 aromatic rings. The Morgan fingerprint density at radius 1 is 0.758 bits per heavy atom. The Morgan fingerprint density at radius 2 is 1.44 bits per heavy atom. The van der Waals surface area contributed by atoms with E-state index in [2.05, 4.69) is 31.6 Å². The van der Waals surface area contributed by atoms with Crippen molar-refractivity contribution in [2.24, 2.45) is 16.7 Å². The predicted octanol–water partition coefficient (Wildman–Crippen LogP) is 2.21. The van der Waals surface area contributed by atoms with Crippen LogP contribution in [0.2, 0.25) is 0 Å². The van der Waals surface area contributed by atoms with Gasteiger partial charge in [0.05, 0.1) is 67.6 Å². The van der Waals surface area contributed by atoms with Gasteiger partial charge in [-0.3, -0.25) is 33.4 Å². The molecule has 704 valence electrons. The van der Waals surface area contributed by atoms with Crippen LogP contribution in [0.5, 0.6) is 5.75 Å². The van der Waals surface area contributed by atoms with Crippen LogP contribution in [0.3, 0.4) is 0 Å². The lowest BCUT2D eigenvalue weighted by Crippen LogP contribution is -2.81. The van der Waals surface area contributed by atoms with Crippen LogP contribution in [-0.2, 0) is 124 Å². The maximum Gasteiger partial charge on any atom is 0.408 e. The number of Topliss-reactive ketones (excluding diaryl/α,β-unsaturated/α-hetero) is 2. The molecule has 4 heterocycles. The molecule has 0 radical (unpaired) electrons. The number of hydrogen-bond acceptors (Lipinski definition) is 34. The van der Waals surface area contributed by atoms with E-state index in [1.165, 1.54) is 73.1 Å². The zero-order chi connectivity index (χ0) is 93.3. The largest absolute Gasteiger partial charge is 0.492 e. The monoisotopic (exact) mass is 1800 g/mol. The molecule has 1 aromatic heterocycles. The minimum Gasteiger partial charge on any atom is -0.492 e. The van der Waals surface area contributed by atoms with Gasteiger partial charge < -0.3 is 123 Å². The molecule has 2 saturated carbocycles. The van der Waals surface area contributed by atoms with Crippen LogP contribution < -0.4 is 26.0 Å². The second-order valence-electron chi connectivity index (χ2n) is 34.7. The molecule has 39 nitrogen and oxygen atoms in total. The van der Waals surface area contributed by atoms with Gasteiger partial charge in [0.15, 0.2) is 29.7 Å². The van der Waals surface area contributed by atoms with E-state index in [1.54, 1.807) is 99.2 Å². The number of aliphatic hydroxyl groups is 7. The molecule has 0 spiro atoms. The van der Waals surface area contributed by atoms with E-state index in [-0.39, 0.29) is 86.0 Å². The maximum absolute atomic E-state index is 15.4. The molecular weight excluding hydrogens is 1680 g/mol. The van der Waals surface area contributed by atoms with Crippen LogP contribution in [0, 0.1) is 16.7 Å². The van der Waals surface area contributed by atoms with Crippen molar-refractivity contribution in [3.05, 3.63) is 125 Å². The van der Waals surface area contributed by atoms with Crippen molar-refractivity contribution in [3.63, 3.8) is 0 Å². The third-order valence-corrected chi connectivity index (χ3v) is 24.3. The van der Waals surface area contributed by atoms with Gasteiger partial charge in [0, 0.05) is 78.3 Å². The number of amides is 4. The van der Waals surface area contributed by atoms with Gasteiger partial charge in [-0.1, -0.05) is 86.1 Å². The predicted molar refractivity (Wildman–Crippen MR) is 444 cm³/mol. The Labute approximate surface area is 740 Å². The first-order valence-electron chi connectivity index (χ1n) is 42.9. The van der Waals surface area contributed by atoms with Gasteiger partial charge in [0.2, 0.25) is 23.8 Å². The van der Waals surface area contributed by atoms with E-state index >= 15 is 9.59 Å². The number of fused-ring (bicyclic) bond motifs is 5. The van der Waals surface area contributed by atoms with E-state index in [4.69, 9.17) is 66.3 Å². The highest BCUT2D eigenvalue weighted by molar-refractivity contribution is 5.94. The Kier molecular flexibility index (Phi) is 34.6. The minimum atomic E-state index is -2.52. The van der Waals surface area contributed by atoms with E-state index in [0.29, 0.717) is 62.1 Å². The fraction of sp³-hybridized carbons (Fsp3) is 0.629. The summed E-state index contributed by atoms with van der Waals surface area (Å²) >= 11 is 0. The number of aryl methyl sites for hydroxylation is 2. The molecule has 5 fully saturated rings. The molecule has 3 aliphatic heterocycles. The van der Waals surface area contributed by atoms with Crippen molar-refractivity contribution >= 4 is 65.2 Å². The summed E-state index contributed by atoms with van der Waals surface area (Å²) in [6, 6.07) is 18.5. The topological polar surface area (TPSA) is 537 Å². The number of unbranched alkanes of at least 4 members (excludes halogenated alkanes) is 3. The Balaban J connectivity index is 0.678. The number of aromatic nitrogens is 3. The van der Waals surface area contributed by atoms with E-state index in [1.807, 2.05) is 0 Å². The first-order chi connectivity index (χ1) is 60.7. The van der Waals surface area contributed by atoms with Crippen molar-refractivity contribution in [2.45, 2.75) is 280 Å². The number of carbonyl (C=O) groups is 11. The lowest BCUT2D eigenvalue weighted by Gasteiger charge is -2.67. The fourth-order valence-electron chi connectivity index (χ4n) is 17.8. The molecule has 10 rings (SSSR count). The van der Waals surface area contributed by atoms with Gasteiger partial charge >= 0.3 is 35.9 Å². The van der Waals surface area contributed by atoms with Crippen LogP contribution in [0.15, 0.2) is 102 Å². The van der Waals surface area contributed by atoms with E-state index < -0.39 is 230 Å². The number of ketones is 2. The molecule has 3 saturated heterocycles. The highest BCUT2D eigenvalue weighted by atomic mass is 16.7. The Hall–Kier alpha value is -9.85. The number of carbonyl (C=O) groups excluding carboxylic acids is 11. The third kappa shape index (κ3) is 23.8. The van der Waals surface area contributed by atoms with Gasteiger partial charge in [-0.05, 0) is 120 Å². The number of aliphatic hydroxyl groups excluding tert-OH is 6. The number of benzene rings is 3. The van der Waals surface area contributed by atoms with Gasteiger partial charge in [0.25, 0.3) is 0 Å². The van der Waals surface area contributed by atoms with Crippen molar-refractivity contribution < 1.29 is 155 Å². The normalized spacial score (nSPS) is 28.9. The first kappa shape index (κ1) is 100. The zero-order valence-corrected chi connectivity index (χ0v) is 74.0. The summed E-state index contributed by atoms with van der Waals surface area (Å²) in [5, 5.41) is 101. The molecule has 6 aliphatic rings. The summed E-state index contributed by atoms with van der Waals surface area (Å²) in [4.78, 5) is 151. The lowest BCUT2D eigenvalue weighted by atomic mass is 9.44. The van der Waals surface area contributed by atoms with Crippen LogP contribution >= 0.6 is 0 Å². The second kappa shape index (κ2) is 44.2. The number of hydrogen-bond donors (Lipinski definition) is 11. The standard InChI is InChI=1S/C89H121N7O32/c1-13-118-80(111)57(39-51-32-34-56(35-33-51)119-38-36-90-64(103)40-58-69(105)75(115-11)72(108)83(122-58)125-73-68(91-49(3)98)82(116-12)123-60(44-97)70(73)106)92-63(102)31-21-16-24-37-96-43-54(94-95-96)29-22-23-30-55(100)45-117-46-65(104)124-74(67(52-25-17-14-18-26-52)93-84(113)128-85(5,6)7)81(112)121-59-42-89(114)78(126-79(110)53-27-19-15-20-28-53)76-87(10,77(109)71(107)66(48(59)2)86(89,8)9)61(101)41-62-88(76,47-120-62)127-50(4)99/h14-15,17-20,25-28,32-35,43,57-62,67-76,78,82-83,97,101,105-108,114H,13,16,21-24,29-31,36-42,44-47H2,1-12H3,(H,90,103)(H,91,98)(H,92,102)(H,93,113)/t57-,58?,59-,60?,61-,62+,67-,68?,69+,70+,71+,72?,73+,74+,75-,76-,78-,82+,83-,87+,88-,89+/m0/s1. The molecule has 22 atom stereocenters. The highest BCUT2D eigenvalue weighted by Crippen LogP contribution is 2.64. The van der Waals surface area contributed by atoms with Crippen LogP contribution in [0.4, 0.5) is 4.79 Å². The van der Waals surface area contributed by atoms with Gasteiger partial charge in [0.1, 0.15) is 116 Å². The number of alkyl carbamates (subject to hydrolysis) is 1. The van der Waals surface area contributed by atoms with Crippen LogP contribution in [0.1, 0.15) is 167 Å². The first-order valence-corrected chi connectivity index (χ1v) is 42.9. The van der Waals surface area contributed by atoms with Crippen molar-refractivity contribution in [1.29, 1.82) is 0 Å². The van der Waals surface area contributed by atoms with Crippen LogP contribution in [0.25, 0.3) is 0 Å².